The first-order chi connectivity index (χ1) is 15.5. The number of carbonyl (C=O) groups is 1. The Hall–Kier alpha value is -3.27. The molecule has 2 N–H and O–H groups in total. The van der Waals surface area contributed by atoms with Crippen molar-refractivity contribution in [2.45, 2.75) is 38.1 Å². The summed E-state index contributed by atoms with van der Waals surface area (Å²) in [7, 11) is 1.62. The number of nitrogen functional groups attached to an aromatic ring is 1. The number of hydrogen-bond acceptors (Lipinski definition) is 8. The number of piperazine rings is 1. The van der Waals surface area contributed by atoms with Crippen molar-refractivity contribution in [2.75, 3.05) is 44.0 Å². The van der Waals surface area contributed by atoms with Gasteiger partial charge >= 0.3 is 0 Å². The van der Waals surface area contributed by atoms with Crippen LogP contribution in [-0.2, 0) is 9.53 Å². The minimum absolute atomic E-state index is 0.0839. The van der Waals surface area contributed by atoms with E-state index >= 15 is 0 Å². The predicted molar refractivity (Wildman–Crippen MR) is 120 cm³/mol. The van der Waals surface area contributed by atoms with Gasteiger partial charge in [-0.05, 0) is 48.4 Å². The molecule has 0 radical (unpaired) electrons. The van der Waals surface area contributed by atoms with Crippen molar-refractivity contribution < 1.29 is 9.53 Å². The molecule has 168 valence electrons. The molecule has 1 amide bonds. The van der Waals surface area contributed by atoms with Gasteiger partial charge in [-0.2, -0.15) is 0 Å². The summed E-state index contributed by atoms with van der Waals surface area (Å²) in [5.74, 6) is 1.39. The van der Waals surface area contributed by atoms with Crippen LogP contribution in [0.5, 0.6) is 0 Å². The highest BCUT2D eigenvalue weighted by Gasteiger charge is 2.32. The van der Waals surface area contributed by atoms with Gasteiger partial charge in [-0.15, -0.1) is 5.10 Å². The molecule has 1 aliphatic heterocycles. The number of nitrogens with zero attached hydrogens (tertiary/aromatic N) is 7. The predicted octanol–water partition coefficient (Wildman–Crippen LogP) is 1.72. The number of rotatable bonds is 6. The van der Waals surface area contributed by atoms with Crippen molar-refractivity contribution in [1.29, 1.82) is 0 Å². The van der Waals surface area contributed by atoms with E-state index < -0.39 is 0 Å². The van der Waals surface area contributed by atoms with Gasteiger partial charge in [-0.3, -0.25) is 4.79 Å². The number of fused-ring (bicyclic) bond motifs is 1. The topological polar surface area (TPSA) is 115 Å². The summed E-state index contributed by atoms with van der Waals surface area (Å²) >= 11 is 0. The molecule has 0 unspecified atom stereocenters. The zero-order chi connectivity index (χ0) is 22.2. The molecule has 32 heavy (non-hydrogen) atoms. The van der Waals surface area contributed by atoms with Crippen LogP contribution in [0.15, 0.2) is 24.4 Å². The van der Waals surface area contributed by atoms with E-state index in [0.29, 0.717) is 49.9 Å². The number of pyridine rings is 2. The molecule has 0 aromatic carbocycles. The van der Waals surface area contributed by atoms with Crippen LogP contribution in [0, 0.1) is 0 Å². The second-order valence-corrected chi connectivity index (χ2v) is 8.63. The third kappa shape index (κ3) is 3.86. The molecule has 1 aliphatic carbocycles. The summed E-state index contributed by atoms with van der Waals surface area (Å²) in [6, 6.07) is 6.03. The van der Waals surface area contributed by atoms with E-state index in [0.717, 1.165) is 35.5 Å². The van der Waals surface area contributed by atoms with Crippen LogP contribution in [0.2, 0.25) is 0 Å². The zero-order valence-electron chi connectivity index (χ0n) is 18.4. The lowest BCUT2D eigenvalue weighted by Crippen LogP contribution is -2.54. The van der Waals surface area contributed by atoms with Gasteiger partial charge in [0.25, 0.3) is 0 Å². The van der Waals surface area contributed by atoms with Crippen LogP contribution >= 0.6 is 0 Å². The summed E-state index contributed by atoms with van der Waals surface area (Å²) in [4.78, 5) is 21.7. The molecular weight excluding hydrogens is 408 g/mol. The van der Waals surface area contributed by atoms with Crippen LogP contribution in [-0.4, -0.2) is 75.2 Å². The van der Waals surface area contributed by atoms with Crippen LogP contribution in [0.1, 0.15) is 37.8 Å². The number of ether oxygens (including phenoxy) is 1. The summed E-state index contributed by atoms with van der Waals surface area (Å²) in [5, 5.41) is 11.7. The van der Waals surface area contributed by atoms with Gasteiger partial charge in [0.05, 0.1) is 24.4 Å². The molecule has 10 nitrogen and oxygen atoms in total. The lowest BCUT2D eigenvalue weighted by Gasteiger charge is -2.41. The Kier molecular flexibility index (Phi) is 5.38. The first-order valence-corrected chi connectivity index (χ1v) is 11.1. The van der Waals surface area contributed by atoms with Crippen LogP contribution in [0.3, 0.4) is 0 Å². The third-order valence-electron chi connectivity index (χ3n) is 6.29. The number of carbonyl (C=O) groups excluding carboxylic acids is 1. The van der Waals surface area contributed by atoms with Crippen molar-refractivity contribution in [3.8, 4) is 11.1 Å². The van der Waals surface area contributed by atoms with E-state index in [9.17, 15) is 4.79 Å². The highest BCUT2D eigenvalue weighted by Crippen LogP contribution is 2.45. The molecule has 10 heteroatoms. The minimum Gasteiger partial charge on any atom is -0.396 e. The molecule has 0 spiro atoms. The standard InChI is InChI=1S/C22H28N8O2/c1-14-12-28(8-9-29(14)20(31)7-10-32-2)22-18(23)11-17(21(24-22)15-3-4-15)16-5-6-19-25-26-27-30(19)13-16/h5-6,11,13-15H,3-4,7-10,12,23H2,1-2H3/t14-/m1/s1. The number of anilines is 2. The fourth-order valence-corrected chi connectivity index (χ4v) is 4.44. The lowest BCUT2D eigenvalue weighted by atomic mass is 10.0. The Morgan fingerprint density at radius 1 is 1.28 bits per heavy atom. The van der Waals surface area contributed by atoms with Gasteiger partial charge in [0.2, 0.25) is 5.91 Å². The minimum atomic E-state index is 0.0839. The van der Waals surface area contributed by atoms with Gasteiger partial charge in [-0.25, -0.2) is 9.50 Å². The maximum Gasteiger partial charge on any atom is 0.225 e. The van der Waals surface area contributed by atoms with Crippen molar-refractivity contribution in [2.24, 2.45) is 0 Å². The number of hydrogen-bond donors (Lipinski definition) is 1. The second kappa shape index (κ2) is 8.34. The Morgan fingerprint density at radius 2 is 2.12 bits per heavy atom. The molecule has 1 atom stereocenters. The van der Waals surface area contributed by atoms with E-state index in [-0.39, 0.29) is 11.9 Å². The van der Waals surface area contributed by atoms with Crippen molar-refractivity contribution in [3.05, 3.63) is 30.1 Å². The Balaban J connectivity index is 1.42. The Morgan fingerprint density at radius 3 is 2.88 bits per heavy atom. The fourth-order valence-electron chi connectivity index (χ4n) is 4.44. The second-order valence-electron chi connectivity index (χ2n) is 8.63. The molecule has 1 saturated heterocycles. The number of amides is 1. The summed E-state index contributed by atoms with van der Waals surface area (Å²) in [6.45, 7) is 4.59. The molecular formula is C22H28N8O2. The first kappa shape index (κ1) is 20.6. The molecule has 3 aromatic rings. The van der Waals surface area contributed by atoms with Crippen LogP contribution < -0.4 is 10.6 Å². The molecule has 2 fully saturated rings. The Bertz CT molecular complexity index is 1140. The molecule has 0 bridgehead atoms. The normalized spacial score (nSPS) is 19.0. The van der Waals surface area contributed by atoms with Crippen LogP contribution in [0.25, 0.3) is 16.8 Å². The zero-order valence-corrected chi connectivity index (χ0v) is 18.4. The quantitative estimate of drug-likeness (QED) is 0.621. The number of nitrogens with two attached hydrogens (primary N) is 1. The SMILES string of the molecule is COCCC(=O)N1CCN(c2nc(C3CC3)c(-c3ccc4nnnn4c3)cc2N)C[C@H]1C. The average Bonchev–Trinajstić information content (AvgIpc) is 3.53. The van der Waals surface area contributed by atoms with E-state index in [1.165, 1.54) is 0 Å². The summed E-state index contributed by atoms with van der Waals surface area (Å²) < 4.78 is 6.72. The van der Waals surface area contributed by atoms with Gasteiger partial charge in [0, 0.05) is 56.0 Å². The number of methoxy groups -OCH3 is 1. The molecule has 4 heterocycles. The summed E-state index contributed by atoms with van der Waals surface area (Å²) in [5.41, 5.74) is 11.0. The van der Waals surface area contributed by atoms with E-state index in [1.807, 2.05) is 29.3 Å². The fraction of sp³-hybridized carbons (Fsp3) is 0.500. The van der Waals surface area contributed by atoms with Gasteiger partial charge in [0.15, 0.2) is 11.5 Å². The monoisotopic (exact) mass is 436 g/mol. The smallest absolute Gasteiger partial charge is 0.225 e. The maximum absolute atomic E-state index is 12.5. The molecule has 1 saturated carbocycles. The Labute approximate surface area is 186 Å². The summed E-state index contributed by atoms with van der Waals surface area (Å²) in [6.07, 6.45) is 4.60. The largest absolute Gasteiger partial charge is 0.396 e. The van der Waals surface area contributed by atoms with Gasteiger partial charge in [-0.1, -0.05) is 0 Å². The van der Waals surface area contributed by atoms with Gasteiger partial charge < -0.3 is 20.3 Å². The van der Waals surface area contributed by atoms with E-state index in [1.54, 1.807) is 11.6 Å². The van der Waals surface area contributed by atoms with Gasteiger partial charge in [0.1, 0.15) is 0 Å². The highest BCUT2D eigenvalue weighted by molar-refractivity contribution is 5.78. The molecule has 5 rings (SSSR count). The number of aromatic nitrogens is 5. The molecule has 3 aromatic heterocycles. The first-order valence-electron chi connectivity index (χ1n) is 11.1. The lowest BCUT2D eigenvalue weighted by molar-refractivity contribution is -0.134. The van der Waals surface area contributed by atoms with E-state index in [2.05, 4.69) is 27.3 Å². The number of tetrazole rings is 1. The van der Waals surface area contributed by atoms with Crippen molar-refractivity contribution in [1.82, 2.24) is 29.9 Å². The average molecular weight is 437 g/mol. The maximum atomic E-state index is 12.5. The molecule has 2 aliphatic rings. The third-order valence-corrected chi connectivity index (χ3v) is 6.29. The highest BCUT2D eigenvalue weighted by atomic mass is 16.5. The van der Waals surface area contributed by atoms with Crippen molar-refractivity contribution >= 4 is 23.1 Å². The van der Waals surface area contributed by atoms with E-state index in [4.69, 9.17) is 15.5 Å². The van der Waals surface area contributed by atoms with Crippen molar-refractivity contribution in [3.63, 3.8) is 0 Å². The van der Waals surface area contributed by atoms with Crippen LogP contribution in [0.4, 0.5) is 11.5 Å².